The number of hydrogen-bond acceptors (Lipinski definition) is 7. The SMILES string of the molecule is COc1ccc(S(=O)(=O)N2CCC(c3noc(COc4ccc(F)cc4)n3)C2)cc1. The van der Waals surface area contributed by atoms with Crippen molar-refractivity contribution >= 4 is 10.0 Å². The van der Waals surface area contributed by atoms with Crippen LogP contribution in [-0.2, 0) is 16.6 Å². The molecule has 0 amide bonds. The zero-order chi connectivity index (χ0) is 21.1. The van der Waals surface area contributed by atoms with E-state index >= 15 is 0 Å². The van der Waals surface area contributed by atoms with Crippen molar-refractivity contribution in [2.75, 3.05) is 20.2 Å². The standard InChI is InChI=1S/C20H20FN3O5S/c1-27-16-6-8-18(9-7-16)30(25,26)24-11-10-14(12-24)20-22-19(29-23-20)13-28-17-4-2-15(21)3-5-17/h2-9,14H,10-13H2,1H3. The molecule has 2 aromatic carbocycles. The van der Waals surface area contributed by atoms with Crippen molar-refractivity contribution in [2.24, 2.45) is 0 Å². The van der Waals surface area contributed by atoms with Gasteiger partial charge in [-0.1, -0.05) is 5.16 Å². The molecule has 1 atom stereocenters. The largest absolute Gasteiger partial charge is 0.497 e. The molecule has 1 aliphatic heterocycles. The second-order valence-electron chi connectivity index (χ2n) is 6.81. The molecular formula is C20H20FN3O5S. The lowest BCUT2D eigenvalue weighted by molar-refractivity contribution is 0.242. The van der Waals surface area contributed by atoms with Gasteiger partial charge in [0.1, 0.15) is 17.3 Å². The summed E-state index contributed by atoms with van der Waals surface area (Å²) in [5.74, 6) is 1.27. The summed E-state index contributed by atoms with van der Waals surface area (Å²) in [6.07, 6.45) is 0.590. The average Bonchev–Trinajstić information content (AvgIpc) is 3.43. The van der Waals surface area contributed by atoms with Crippen LogP contribution in [0, 0.1) is 5.82 Å². The molecule has 0 aliphatic carbocycles. The third-order valence-electron chi connectivity index (χ3n) is 4.87. The van der Waals surface area contributed by atoms with Crippen LogP contribution in [0.15, 0.2) is 57.9 Å². The third kappa shape index (κ3) is 4.29. The van der Waals surface area contributed by atoms with Crippen molar-refractivity contribution in [3.8, 4) is 11.5 Å². The number of halogens is 1. The summed E-state index contributed by atoms with van der Waals surface area (Å²) >= 11 is 0. The second-order valence-corrected chi connectivity index (χ2v) is 8.75. The topological polar surface area (TPSA) is 94.8 Å². The van der Waals surface area contributed by atoms with Gasteiger partial charge in [0.15, 0.2) is 12.4 Å². The minimum Gasteiger partial charge on any atom is -0.497 e. The van der Waals surface area contributed by atoms with Crippen LogP contribution < -0.4 is 9.47 Å². The molecule has 2 heterocycles. The van der Waals surface area contributed by atoms with Gasteiger partial charge in [-0.3, -0.25) is 0 Å². The molecule has 30 heavy (non-hydrogen) atoms. The van der Waals surface area contributed by atoms with Crippen molar-refractivity contribution in [1.82, 2.24) is 14.4 Å². The molecule has 1 fully saturated rings. The van der Waals surface area contributed by atoms with E-state index in [9.17, 15) is 12.8 Å². The molecular weight excluding hydrogens is 413 g/mol. The average molecular weight is 433 g/mol. The fourth-order valence-corrected chi connectivity index (χ4v) is 4.72. The van der Waals surface area contributed by atoms with E-state index in [2.05, 4.69) is 10.1 Å². The highest BCUT2D eigenvalue weighted by molar-refractivity contribution is 7.89. The minimum absolute atomic E-state index is 0.0409. The van der Waals surface area contributed by atoms with E-state index in [4.69, 9.17) is 14.0 Å². The lowest BCUT2D eigenvalue weighted by atomic mass is 10.1. The Kier molecular flexibility index (Phi) is 5.69. The fourth-order valence-electron chi connectivity index (χ4n) is 3.22. The molecule has 1 aromatic heterocycles. The maximum Gasteiger partial charge on any atom is 0.264 e. The summed E-state index contributed by atoms with van der Waals surface area (Å²) in [6, 6.07) is 11.9. The maximum atomic E-state index is 12.9. The number of hydrogen-bond donors (Lipinski definition) is 0. The molecule has 1 aliphatic rings. The lowest BCUT2D eigenvalue weighted by Gasteiger charge is -2.16. The van der Waals surface area contributed by atoms with E-state index < -0.39 is 10.0 Å². The van der Waals surface area contributed by atoms with Crippen molar-refractivity contribution < 1.29 is 26.8 Å². The van der Waals surface area contributed by atoms with E-state index in [0.29, 0.717) is 30.3 Å². The van der Waals surface area contributed by atoms with Crippen LogP contribution in [-0.4, -0.2) is 43.1 Å². The molecule has 158 valence electrons. The van der Waals surface area contributed by atoms with Gasteiger partial charge in [-0.2, -0.15) is 9.29 Å². The number of methoxy groups -OCH3 is 1. The van der Waals surface area contributed by atoms with Gasteiger partial charge in [0, 0.05) is 19.0 Å². The molecule has 1 unspecified atom stereocenters. The first-order chi connectivity index (χ1) is 14.5. The summed E-state index contributed by atoms with van der Waals surface area (Å²) in [6.45, 7) is 0.681. The Bertz CT molecular complexity index is 1100. The highest BCUT2D eigenvalue weighted by Gasteiger charge is 2.35. The van der Waals surface area contributed by atoms with Crippen LogP contribution in [0.4, 0.5) is 4.39 Å². The van der Waals surface area contributed by atoms with Gasteiger partial charge in [0.2, 0.25) is 10.0 Å². The quantitative estimate of drug-likeness (QED) is 0.565. The number of nitrogens with zero attached hydrogens (tertiary/aromatic N) is 3. The van der Waals surface area contributed by atoms with E-state index in [1.54, 1.807) is 12.1 Å². The van der Waals surface area contributed by atoms with Gasteiger partial charge in [-0.05, 0) is 55.0 Å². The zero-order valence-corrected chi connectivity index (χ0v) is 17.0. The predicted molar refractivity (Wildman–Crippen MR) is 104 cm³/mol. The fraction of sp³-hybridized carbons (Fsp3) is 0.300. The van der Waals surface area contributed by atoms with Gasteiger partial charge >= 0.3 is 0 Å². The van der Waals surface area contributed by atoms with E-state index in [-0.39, 0.29) is 35.7 Å². The Morgan fingerprint density at radius 1 is 1.13 bits per heavy atom. The first kappa shape index (κ1) is 20.3. The third-order valence-corrected chi connectivity index (χ3v) is 6.75. The van der Waals surface area contributed by atoms with Crippen molar-refractivity contribution in [1.29, 1.82) is 0 Å². The second kappa shape index (κ2) is 8.41. The van der Waals surface area contributed by atoms with E-state index in [0.717, 1.165) is 0 Å². The molecule has 4 rings (SSSR count). The maximum absolute atomic E-state index is 12.9. The summed E-state index contributed by atoms with van der Waals surface area (Å²) < 4.78 is 55.9. The molecule has 0 radical (unpaired) electrons. The number of ether oxygens (including phenoxy) is 2. The van der Waals surface area contributed by atoms with Gasteiger partial charge in [0.05, 0.1) is 12.0 Å². The molecule has 1 saturated heterocycles. The molecule has 0 bridgehead atoms. The zero-order valence-electron chi connectivity index (χ0n) is 16.2. The highest BCUT2D eigenvalue weighted by Crippen LogP contribution is 2.30. The minimum atomic E-state index is -3.61. The van der Waals surface area contributed by atoms with E-state index in [1.165, 1.54) is 47.8 Å². The molecule has 10 heteroatoms. The first-order valence-electron chi connectivity index (χ1n) is 9.31. The Hall–Kier alpha value is -2.98. The number of aromatic nitrogens is 2. The summed E-state index contributed by atoms with van der Waals surface area (Å²) in [7, 11) is -2.09. The van der Waals surface area contributed by atoms with Gasteiger partial charge < -0.3 is 14.0 Å². The molecule has 0 spiro atoms. The Labute approximate surface area is 173 Å². The van der Waals surface area contributed by atoms with Crippen LogP contribution >= 0.6 is 0 Å². The van der Waals surface area contributed by atoms with Crippen molar-refractivity contribution in [3.63, 3.8) is 0 Å². The van der Waals surface area contributed by atoms with Crippen LogP contribution in [0.5, 0.6) is 11.5 Å². The summed E-state index contributed by atoms with van der Waals surface area (Å²) in [5.41, 5.74) is 0. The highest BCUT2D eigenvalue weighted by atomic mass is 32.2. The first-order valence-corrected chi connectivity index (χ1v) is 10.7. The summed E-state index contributed by atoms with van der Waals surface area (Å²) in [5, 5.41) is 3.97. The Morgan fingerprint density at radius 3 is 2.53 bits per heavy atom. The van der Waals surface area contributed by atoms with Gasteiger partial charge in [-0.15, -0.1) is 0 Å². The predicted octanol–water partition coefficient (Wildman–Crippen LogP) is 2.97. The monoisotopic (exact) mass is 433 g/mol. The molecule has 8 nitrogen and oxygen atoms in total. The van der Waals surface area contributed by atoms with E-state index in [1.807, 2.05) is 0 Å². The van der Waals surface area contributed by atoms with Crippen molar-refractivity contribution in [2.45, 2.75) is 23.8 Å². The summed E-state index contributed by atoms with van der Waals surface area (Å²) in [4.78, 5) is 4.54. The number of rotatable bonds is 7. The van der Waals surface area contributed by atoms with Gasteiger partial charge in [0.25, 0.3) is 5.89 Å². The van der Waals surface area contributed by atoms with Crippen LogP contribution in [0.25, 0.3) is 0 Å². The molecule has 0 N–H and O–H groups in total. The smallest absolute Gasteiger partial charge is 0.264 e. The molecule has 0 saturated carbocycles. The lowest BCUT2D eigenvalue weighted by Crippen LogP contribution is -2.28. The van der Waals surface area contributed by atoms with Crippen LogP contribution in [0.1, 0.15) is 24.1 Å². The van der Waals surface area contributed by atoms with Crippen LogP contribution in [0.2, 0.25) is 0 Å². The Morgan fingerprint density at radius 2 is 1.83 bits per heavy atom. The van der Waals surface area contributed by atoms with Crippen molar-refractivity contribution in [3.05, 3.63) is 66.1 Å². The Balaban J connectivity index is 1.38. The number of sulfonamides is 1. The van der Waals surface area contributed by atoms with Gasteiger partial charge in [-0.25, -0.2) is 12.8 Å². The normalized spacial score (nSPS) is 17.2. The number of benzene rings is 2. The molecule has 3 aromatic rings. The van der Waals surface area contributed by atoms with Crippen LogP contribution in [0.3, 0.4) is 0 Å².